The molecule has 0 aliphatic heterocycles. The summed E-state index contributed by atoms with van der Waals surface area (Å²) in [4.78, 5) is 23.0. The van der Waals surface area contributed by atoms with Gasteiger partial charge in [0.2, 0.25) is 6.10 Å². The molecule has 5 heteroatoms. The molecule has 0 radical (unpaired) electrons. The van der Waals surface area contributed by atoms with Crippen LogP contribution in [0.4, 0.5) is 0 Å². The summed E-state index contributed by atoms with van der Waals surface area (Å²) in [5, 5.41) is 9.78. The van der Waals surface area contributed by atoms with E-state index in [2.05, 4.69) is 0 Å². The van der Waals surface area contributed by atoms with Crippen LogP contribution in [0.3, 0.4) is 0 Å². The van der Waals surface area contributed by atoms with E-state index in [1.165, 1.54) is 6.08 Å². The van der Waals surface area contributed by atoms with Crippen molar-refractivity contribution >= 4 is 29.6 Å². The molecule has 1 unspecified atom stereocenters. The summed E-state index contributed by atoms with van der Waals surface area (Å²) in [5.74, 6) is -1.88. The lowest BCUT2D eigenvalue weighted by atomic mass is 10.1. The van der Waals surface area contributed by atoms with E-state index in [4.69, 9.17) is 16.3 Å². The predicted octanol–water partition coefficient (Wildman–Crippen LogP) is 3.59. The van der Waals surface area contributed by atoms with E-state index in [1.807, 2.05) is 6.07 Å². The summed E-state index contributed by atoms with van der Waals surface area (Å²) in [7, 11) is 0. The number of carbonyl (C=O) groups is 2. The minimum atomic E-state index is -1.22. The molecule has 0 saturated carbocycles. The fraction of sp³-hybridized carbons (Fsp3) is 0.111. The summed E-state index contributed by atoms with van der Waals surface area (Å²) in [6.45, 7) is 0. The number of carboxylic acids is 1. The Labute approximate surface area is 139 Å². The van der Waals surface area contributed by atoms with E-state index in [9.17, 15) is 14.7 Å². The number of hydrogen-bond donors (Lipinski definition) is 1. The predicted molar refractivity (Wildman–Crippen MR) is 88.1 cm³/mol. The standard InChI is InChI=1S/C18H15ClO4/c19-15-9-6-13(7-10-15)8-11-17(20)23-16(18(21)22)12-14-4-2-1-3-5-14/h1-11,16H,12H2,(H,21,22)/b11-8+. The Balaban J connectivity index is 1.98. The minimum Gasteiger partial charge on any atom is -0.478 e. The number of halogens is 1. The second kappa shape index (κ2) is 8.15. The van der Waals surface area contributed by atoms with E-state index < -0.39 is 18.0 Å². The Morgan fingerprint density at radius 2 is 1.74 bits per heavy atom. The van der Waals surface area contributed by atoms with Gasteiger partial charge in [0, 0.05) is 17.5 Å². The summed E-state index contributed by atoms with van der Waals surface area (Å²) in [6, 6.07) is 15.9. The van der Waals surface area contributed by atoms with Crippen LogP contribution in [0.2, 0.25) is 5.02 Å². The van der Waals surface area contributed by atoms with E-state index in [0.717, 1.165) is 11.1 Å². The number of esters is 1. The van der Waals surface area contributed by atoms with Gasteiger partial charge in [0.15, 0.2) is 0 Å². The van der Waals surface area contributed by atoms with Crippen molar-refractivity contribution in [3.05, 3.63) is 76.8 Å². The molecule has 0 fully saturated rings. The van der Waals surface area contributed by atoms with E-state index in [1.54, 1.807) is 54.6 Å². The van der Waals surface area contributed by atoms with Gasteiger partial charge in [-0.1, -0.05) is 54.1 Å². The molecule has 0 amide bonds. The fourth-order valence-electron chi connectivity index (χ4n) is 1.93. The molecule has 0 bridgehead atoms. The van der Waals surface area contributed by atoms with Crippen molar-refractivity contribution in [2.75, 3.05) is 0 Å². The smallest absolute Gasteiger partial charge is 0.345 e. The maximum Gasteiger partial charge on any atom is 0.345 e. The zero-order valence-corrected chi connectivity index (χ0v) is 12.9. The van der Waals surface area contributed by atoms with Crippen LogP contribution in [0.5, 0.6) is 0 Å². The van der Waals surface area contributed by atoms with E-state index >= 15 is 0 Å². The fourth-order valence-corrected chi connectivity index (χ4v) is 2.05. The Morgan fingerprint density at radius 1 is 1.09 bits per heavy atom. The highest BCUT2D eigenvalue weighted by Crippen LogP contribution is 2.11. The van der Waals surface area contributed by atoms with Crippen LogP contribution in [0, 0.1) is 0 Å². The van der Waals surface area contributed by atoms with Crippen LogP contribution in [0.15, 0.2) is 60.7 Å². The first-order valence-electron chi connectivity index (χ1n) is 6.95. The molecule has 4 nitrogen and oxygen atoms in total. The lowest BCUT2D eigenvalue weighted by molar-refractivity contribution is -0.160. The van der Waals surface area contributed by atoms with Crippen LogP contribution < -0.4 is 0 Å². The average molecular weight is 331 g/mol. The zero-order valence-electron chi connectivity index (χ0n) is 12.2. The highest BCUT2D eigenvalue weighted by atomic mass is 35.5. The first kappa shape index (κ1) is 16.8. The van der Waals surface area contributed by atoms with Gasteiger partial charge in [-0.05, 0) is 29.3 Å². The topological polar surface area (TPSA) is 63.6 Å². The van der Waals surface area contributed by atoms with Crippen LogP contribution in [0.1, 0.15) is 11.1 Å². The first-order valence-corrected chi connectivity index (χ1v) is 7.33. The van der Waals surface area contributed by atoms with Crippen molar-refractivity contribution in [3.8, 4) is 0 Å². The Bertz CT molecular complexity index is 693. The summed E-state index contributed by atoms with van der Waals surface area (Å²) in [6.07, 6.45) is 1.64. The van der Waals surface area contributed by atoms with Gasteiger partial charge < -0.3 is 9.84 Å². The lowest BCUT2D eigenvalue weighted by Gasteiger charge is -2.12. The maximum atomic E-state index is 11.8. The summed E-state index contributed by atoms with van der Waals surface area (Å²) < 4.78 is 5.01. The third kappa shape index (κ3) is 5.60. The minimum absolute atomic E-state index is 0.122. The third-order valence-corrected chi connectivity index (χ3v) is 3.33. The van der Waals surface area contributed by atoms with Gasteiger partial charge in [0.25, 0.3) is 0 Å². The summed E-state index contributed by atoms with van der Waals surface area (Å²) in [5.41, 5.74) is 1.55. The molecular formula is C18H15ClO4. The highest BCUT2D eigenvalue weighted by molar-refractivity contribution is 6.30. The molecule has 118 valence electrons. The molecular weight excluding hydrogens is 316 g/mol. The molecule has 0 saturated heterocycles. The van der Waals surface area contributed by atoms with Crippen LogP contribution >= 0.6 is 11.6 Å². The van der Waals surface area contributed by atoms with Gasteiger partial charge in [0.1, 0.15) is 0 Å². The van der Waals surface area contributed by atoms with E-state index in [0.29, 0.717) is 5.02 Å². The highest BCUT2D eigenvalue weighted by Gasteiger charge is 2.21. The molecule has 23 heavy (non-hydrogen) atoms. The average Bonchev–Trinajstić information content (AvgIpc) is 2.54. The number of rotatable bonds is 6. The first-order chi connectivity index (χ1) is 11.0. The lowest BCUT2D eigenvalue weighted by Crippen LogP contribution is -2.28. The molecule has 0 heterocycles. The van der Waals surface area contributed by atoms with Crippen molar-refractivity contribution in [1.82, 2.24) is 0 Å². The number of carbonyl (C=O) groups excluding carboxylic acids is 1. The number of carboxylic acid groups (broad SMARTS) is 1. The molecule has 0 aliphatic rings. The molecule has 0 aromatic heterocycles. The Hall–Kier alpha value is -2.59. The monoisotopic (exact) mass is 330 g/mol. The van der Waals surface area contributed by atoms with Gasteiger partial charge in [-0.2, -0.15) is 0 Å². The van der Waals surface area contributed by atoms with Crippen molar-refractivity contribution < 1.29 is 19.4 Å². The zero-order chi connectivity index (χ0) is 16.7. The third-order valence-electron chi connectivity index (χ3n) is 3.08. The van der Waals surface area contributed by atoms with E-state index in [-0.39, 0.29) is 6.42 Å². The molecule has 1 N–H and O–H groups in total. The molecule has 0 spiro atoms. The van der Waals surface area contributed by atoms with Gasteiger partial charge in [0.05, 0.1) is 0 Å². The summed E-state index contributed by atoms with van der Waals surface area (Å²) >= 11 is 5.77. The molecule has 1 atom stereocenters. The number of aliphatic carboxylic acids is 1. The van der Waals surface area contributed by atoms with Gasteiger partial charge in [-0.15, -0.1) is 0 Å². The number of benzene rings is 2. The van der Waals surface area contributed by atoms with Crippen molar-refractivity contribution in [1.29, 1.82) is 0 Å². The molecule has 2 aromatic carbocycles. The number of hydrogen-bond acceptors (Lipinski definition) is 3. The Kier molecular flexibility index (Phi) is 5.94. The van der Waals surface area contributed by atoms with Gasteiger partial charge in [-0.25, -0.2) is 9.59 Å². The molecule has 2 aromatic rings. The molecule has 2 rings (SSSR count). The maximum absolute atomic E-state index is 11.8. The van der Waals surface area contributed by atoms with Crippen LogP contribution in [-0.2, 0) is 20.7 Å². The van der Waals surface area contributed by atoms with Crippen molar-refractivity contribution in [3.63, 3.8) is 0 Å². The van der Waals surface area contributed by atoms with Gasteiger partial charge in [-0.3, -0.25) is 0 Å². The quantitative estimate of drug-likeness (QED) is 0.649. The molecule has 0 aliphatic carbocycles. The number of ether oxygens (including phenoxy) is 1. The Morgan fingerprint density at radius 3 is 2.35 bits per heavy atom. The van der Waals surface area contributed by atoms with Crippen LogP contribution in [-0.4, -0.2) is 23.1 Å². The second-order valence-corrected chi connectivity index (χ2v) is 5.27. The van der Waals surface area contributed by atoms with Crippen molar-refractivity contribution in [2.45, 2.75) is 12.5 Å². The normalized spacial score (nSPS) is 12.0. The SMILES string of the molecule is O=C(/C=C/c1ccc(Cl)cc1)OC(Cc1ccccc1)C(=O)O. The van der Waals surface area contributed by atoms with Crippen molar-refractivity contribution in [2.24, 2.45) is 0 Å². The second-order valence-electron chi connectivity index (χ2n) is 4.84. The largest absolute Gasteiger partial charge is 0.478 e. The van der Waals surface area contributed by atoms with Gasteiger partial charge >= 0.3 is 11.9 Å². The van der Waals surface area contributed by atoms with Crippen LogP contribution in [0.25, 0.3) is 6.08 Å².